The normalized spacial score (nSPS) is 20.4. The Morgan fingerprint density at radius 1 is 1.22 bits per heavy atom. The maximum absolute atomic E-state index is 12.5. The van der Waals surface area contributed by atoms with Crippen molar-refractivity contribution in [3.8, 4) is 0 Å². The van der Waals surface area contributed by atoms with Gasteiger partial charge < -0.3 is 4.74 Å². The van der Waals surface area contributed by atoms with Gasteiger partial charge in [-0.15, -0.1) is 12.4 Å². The lowest BCUT2D eigenvalue weighted by atomic mass is 10.0. The fourth-order valence-electron chi connectivity index (χ4n) is 2.58. The third-order valence-corrected chi connectivity index (χ3v) is 3.89. The molecule has 0 saturated carbocycles. The monoisotopic (exact) mass is 411 g/mol. The van der Waals surface area contributed by atoms with E-state index in [4.69, 9.17) is 4.84 Å². The van der Waals surface area contributed by atoms with Gasteiger partial charge >= 0.3 is 18.1 Å². The summed E-state index contributed by atoms with van der Waals surface area (Å²) < 4.78 is 42.1. The van der Waals surface area contributed by atoms with Crippen molar-refractivity contribution >= 4 is 24.3 Å². The average Bonchev–Trinajstić information content (AvgIpc) is 2.61. The summed E-state index contributed by atoms with van der Waals surface area (Å²) in [4.78, 5) is 28.4. The molecule has 1 saturated heterocycles. The van der Waals surface area contributed by atoms with Crippen molar-refractivity contribution in [1.29, 1.82) is 0 Å². The molecule has 0 aliphatic carbocycles. The van der Waals surface area contributed by atoms with Crippen LogP contribution in [0.1, 0.15) is 18.4 Å². The molecule has 7 nitrogen and oxygen atoms in total. The number of hydroxylamine groups is 1. The lowest BCUT2D eigenvalue weighted by Gasteiger charge is -2.37. The lowest BCUT2D eigenvalue weighted by Crippen LogP contribution is -2.61. The van der Waals surface area contributed by atoms with Gasteiger partial charge in [0.1, 0.15) is 6.04 Å². The van der Waals surface area contributed by atoms with Gasteiger partial charge in [0, 0.05) is 12.6 Å². The van der Waals surface area contributed by atoms with Crippen LogP contribution < -0.4 is 10.9 Å². The summed E-state index contributed by atoms with van der Waals surface area (Å²) in [7, 11) is 1.14. The zero-order chi connectivity index (χ0) is 19.2. The van der Waals surface area contributed by atoms with Crippen molar-refractivity contribution in [3.05, 3.63) is 35.9 Å². The Morgan fingerprint density at radius 3 is 2.48 bits per heavy atom. The Bertz CT molecular complexity index is 619. The number of carbonyl (C=O) groups is 2. The van der Waals surface area contributed by atoms with E-state index in [1.807, 2.05) is 30.3 Å². The molecule has 27 heavy (non-hydrogen) atoms. The summed E-state index contributed by atoms with van der Waals surface area (Å²) in [5.74, 6) is -2.85. The van der Waals surface area contributed by atoms with E-state index in [0.29, 0.717) is 6.42 Å². The number of rotatable bonds is 6. The summed E-state index contributed by atoms with van der Waals surface area (Å²) in [5.41, 5.74) is 5.42. The van der Waals surface area contributed by atoms with E-state index in [0.717, 1.165) is 17.7 Å². The quantitative estimate of drug-likeness (QED) is 0.548. The van der Waals surface area contributed by atoms with Gasteiger partial charge in [-0.3, -0.25) is 19.9 Å². The smallest absolute Gasteiger partial charge is 0.468 e. The predicted octanol–water partition coefficient (Wildman–Crippen LogP) is 1.73. The zero-order valence-corrected chi connectivity index (χ0v) is 15.3. The summed E-state index contributed by atoms with van der Waals surface area (Å²) in [6.07, 6.45) is -4.38. The van der Waals surface area contributed by atoms with Gasteiger partial charge in [0.05, 0.1) is 13.7 Å². The number of carbonyl (C=O) groups excluding carboxylic acids is 2. The fraction of sp³-hybridized carbons (Fsp3) is 0.500. The van der Waals surface area contributed by atoms with Crippen LogP contribution in [-0.2, 0) is 25.8 Å². The summed E-state index contributed by atoms with van der Waals surface area (Å²) in [5, 5.41) is 0.939. The van der Waals surface area contributed by atoms with Crippen molar-refractivity contribution in [3.63, 3.8) is 0 Å². The number of methoxy groups -OCH3 is 1. The van der Waals surface area contributed by atoms with Gasteiger partial charge in [-0.1, -0.05) is 30.3 Å². The van der Waals surface area contributed by atoms with Gasteiger partial charge in [0.15, 0.2) is 0 Å². The molecule has 11 heteroatoms. The minimum atomic E-state index is -5.05. The first-order valence-corrected chi connectivity index (χ1v) is 7.94. The Balaban J connectivity index is 0.00000364. The van der Waals surface area contributed by atoms with Gasteiger partial charge in [0.2, 0.25) is 0 Å². The minimum Gasteiger partial charge on any atom is -0.468 e. The number of nitrogens with one attached hydrogen (secondary N) is 2. The van der Waals surface area contributed by atoms with Gasteiger partial charge in [0.25, 0.3) is 0 Å². The second kappa shape index (κ2) is 10.5. The molecular formula is C16H21ClF3N3O4. The summed E-state index contributed by atoms with van der Waals surface area (Å²) in [6.45, 7) is 0.225. The maximum Gasteiger partial charge on any atom is 0.472 e. The molecule has 1 aromatic rings. The molecule has 1 heterocycles. The molecule has 1 aromatic carbocycles. The molecule has 1 aliphatic rings. The van der Waals surface area contributed by atoms with Crippen LogP contribution in [0.15, 0.2) is 30.3 Å². The molecule has 1 aliphatic heterocycles. The Kier molecular flexibility index (Phi) is 8.97. The van der Waals surface area contributed by atoms with Crippen LogP contribution in [0.5, 0.6) is 0 Å². The third kappa shape index (κ3) is 6.98. The fourth-order valence-corrected chi connectivity index (χ4v) is 2.58. The number of hydrazine groups is 1. The van der Waals surface area contributed by atoms with Gasteiger partial charge in [-0.05, 0) is 18.4 Å². The first kappa shape index (κ1) is 23.2. The molecule has 152 valence electrons. The van der Waals surface area contributed by atoms with Gasteiger partial charge in [-0.25, -0.2) is 5.01 Å². The van der Waals surface area contributed by atoms with Crippen molar-refractivity contribution < 1.29 is 32.3 Å². The number of benzene rings is 1. The number of alkyl halides is 3. The van der Waals surface area contributed by atoms with Crippen LogP contribution in [0.2, 0.25) is 0 Å². The number of ether oxygens (including phenoxy) is 1. The minimum absolute atomic E-state index is 0. The lowest BCUT2D eigenvalue weighted by molar-refractivity contribution is -0.182. The topological polar surface area (TPSA) is 79.9 Å². The summed E-state index contributed by atoms with van der Waals surface area (Å²) >= 11 is 0. The summed E-state index contributed by atoms with van der Waals surface area (Å²) in [6, 6.07) is 7.96. The van der Waals surface area contributed by atoms with E-state index in [-0.39, 0.29) is 38.0 Å². The van der Waals surface area contributed by atoms with Crippen molar-refractivity contribution in [2.75, 3.05) is 13.7 Å². The Labute approximate surface area is 160 Å². The van der Waals surface area contributed by atoms with E-state index < -0.39 is 24.1 Å². The maximum atomic E-state index is 12.5. The van der Waals surface area contributed by atoms with Crippen LogP contribution in [-0.4, -0.2) is 48.8 Å². The first-order valence-electron chi connectivity index (χ1n) is 7.94. The molecule has 2 rings (SSSR count). The van der Waals surface area contributed by atoms with Crippen molar-refractivity contribution in [1.82, 2.24) is 15.9 Å². The van der Waals surface area contributed by atoms with Crippen molar-refractivity contribution in [2.24, 2.45) is 0 Å². The largest absolute Gasteiger partial charge is 0.472 e. The number of nitrogens with zero attached hydrogens (tertiary/aromatic N) is 1. The second-order valence-corrected chi connectivity index (χ2v) is 5.80. The molecule has 0 radical (unpaired) electrons. The SMILES string of the molecule is COC(=O)[C@@H]1CC[C@@H](NOCc2ccccc2)CN1NC(=O)C(F)(F)F.Cl. The van der Waals surface area contributed by atoms with E-state index in [2.05, 4.69) is 10.2 Å². The van der Waals surface area contributed by atoms with E-state index in [1.165, 1.54) is 0 Å². The van der Waals surface area contributed by atoms with Crippen LogP contribution in [0.25, 0.3) is 0 Å². The number of piperidine rings is 1. The molecule has 0 spiro atoms. The molecule has 0 aromatic heterocycles. The molecular weight excluding hydrogens is 391 g/mol. The first-order chi connectivity index (χ1) is 12.3. The predicted molar refractivity (Wildman–Crippen MR) is 91.3 cm³/mol. The number of amides is 1. The standard InChI is InChI=1S/C16H20F3N3O4.ClH/c1-25-14(23)13-8-7-12(9-22(13)20-15(24)16(17,18)19)21-26-10-11-5-3-2-4-6-11;/h2-6,12-13,21H,7-10H2,1H3,(H,20,24);1H/t12-,13+;/m1./s1. The molecule has 1 fully saturated rings. The highest BCUT2D eigenvalue weighted by Crippen LogP contribution is 2.20. The molecule has 2 atom stereocenters. The Hall–Kier alpha value is -1.88. The number of hydrogen-bond donors (Lipinski definition) is 2. The third-order valence-electron chi connectivity index (χ3n) is 3.89. The van der Waals surface area contributed by atoms with Crippen LogP contribution in [0.4, 0.5) is 13.2 Å². The molecule has 2 N–H and O–H groups in total. The van der Waals surface area contributed by atoms with E-state index >= 15 is 0 Å². The number of hydrogen-bond acceptors (Lipinski definition) is 6. The highest BCUT2D eigenvalue weighted by atomic mass is 35.5. The molecule has 0 bridgehead atoms. The van der Waals surface area contributed by atoms with Crippen LogP contribution >= 0.6 is 12.4 Å². The zero-order valence-electron chi connectivity index (χ0n) is 14.5. The highest BCUT2D eigenvalue weighted by Gasteiger charge is 2.43. The molecule has 0 unspecified atom stereocenters. The molecule has 1 amide bonds. The van der Waals surface area contributed by atoms with Crippen LogP contribution in [0.3, 0.4) is 0 Å². The van der Waals surface area contributed by atoms with E-state index in [1.54, 1.807) is 5.43 Å². The van der Waals surface area contributed by atoms with Crippen molar-refractivity contribution in [2.45, 2.75) is 37.7 Å². The second-order valence-electron chi connectivity index (χ2n) is 5.80. The van der Waals surface area contributed by atoms with Crippen LogP contribution in [0, 0.1) is 0 Å². The Morgan fingerprint density at radius 2 is 1.89 bits per heavy atom. The average molecular weight is 412 g/mol. The van der Waals surface area contributed by atoms with Gasteiger partial charge in [-0.2, -0.15) is 18.7 Å². The highest BCUT2D eigenvalue weighted by molar-refractivity contribution is 5.85. The number of esters is 1. The number of halogens is 4. The van der Waals surface area contributed by atoms with E-state index in [9.17, 15) is 22.8 Å².